The molecule has 0 bridgehead atoms. The van der Waals surface area contributed by atoms with Gasteiger partial charge >= 0.3 is 5.97 Å². The Morgan fingerprint density at radius 2 is 1.89 bits per heavy atom. The highest BCUT2D eigenvalue weighted by molar-refractivity contribution is 6.08. The minimum atomic E-state index is -0.486. The average molecular weight is 395 g/mol. The van der Waals surface area contributed by atoms with Crippen molar-refractivity contribution in [2.24, 2.45) is 10.5 Å². The number of rotatable bonds is 13. The van der Waals surface area contributed by atoms with Crippen molar-refractivity contribution in [1.82, 2.24) is 5.01 Å². The van der Waals surface area contributed by atoms with E-state index in [1.807, 2.05) is 6.92 Å². The Labute approximate surface area is 172 Å². The molecule has 0 aromatic heterocycles. The van der Waals surface area contributed by atoms with Gasteiger partial charge in [-0.05, 0) is 45.4 Å². The predicted octanol–water partition coefficient (Wildman–Crippen LogP) is 5.33. The molecule has 0 N–H and O–H groups in total. The molecule has 2 fully saturated rings. The Morgan fingerprint density at radius 3 is 2.61 bits per heavy atom. The first-order valence-electron chi connectivity index (χ1n) is 11.7. The lowest BCUT2D eigenvalue weighted by Crippen LogP contribution is -2.39. The summed E-state index contributed by atoms with van der Waals surface area (Å²) in [6.07, 6.45) is 14.8. The third-order valence-electron chi connectivity index (χ3n) is 6.40. The molecule has 2 aliphatic rings. The fraction of sp³-hybridized carbons (Fsp3) is 0.913. The summed E-state index contributed by atoms with van der Waals surface area (Å²) in [5, 5.41) is 7.22. The number of methoxy groups -OCH3 is 1. The topological polar surface area (TPSA) is 51.1 Å². The van der Waals surface area contributed by atoms with Gasteiger partial charge in [0.05, 0.1) is 25.0 Å². The number of ether oxygens (including phenoxy) is 2. The van der Waals surface area contributed by atoms with Crippen LogP contribution in [0.3, 0.4) is 0 Å². The predicted molar refractivity (Wildman–Crippen MR) is 115 cm³/mol. The van der Waals surface area contributed by atoms with E-state index in [0.717, 1.165) is 57.2 Å². The zero-order chi connectivity index (χ0) is 20.2. The van der Waals surface area contributed by atoms with Crippen LogP contribution in [0.2, 0.25) is 0 Å². The smallest absolute Gasteiger partial charge is 0.317 e. The van der Waals surface area contributed by atoms with Crippen LogP contribution >= 0.6 is 0 Å². The zero-order valence-corrected chi connectivity index (χ0v) is 18.5. The van der Waals surface area contributed by atoms with Crippen LogP contribution in [-0.2, 0) is 14.3 Å². The van der Waals surface area contributed by atoms with Crippen molar-refractivity contribution in [3.8, 4) is 0 Å². The van der Waals surface area contributed by atoms with Gasteiger partial charge in [0.1, 0.15) is 5.41 Å². The van der Waals surface area contributed by atoms with Crippen molar-refractivity contribution in [2.45, 2.75) is 103 Å². The van der Waals surface area contributed by atoms with Gasteiger partial charge in [-0.25, -0.2) is 0 Å². The number of hydrogen-bond donors (Lipinski definition) is 0. The quantitative estimate of drug-likeness (QED) is 0.313. The van der Waals surface area contributed by atoms with Crippen molar-refractivity contribution in [3.63, 3.8) is 0 Å². The minimum Gasteiger partial charge on any atom is -0.465 e. The molecule has 0 amide bonds. The number of nitrogens with zero attached hydrogens (tertiary/aromatic N) is 2. The summed E-state index contributed by atoms with van der Waals surface area (Å²) >= 11 is 0. The molecule has 1 heterocycles. The molecule has 1 aliphatic heterocycles. The van der Waals surface area contributed by atoms with Crippen molar-refractivity contribution < 1.29 is 14.3 Å². The van der Waals surface area contributed by atoms with Crippen LogP contribution in [0.4, 0.5) is 0 Å². The summed E-state index contributed by atoms with van der Waals surface area (Å²) in [6.45, 7) is 6.28. The zero-order valence-electron chi connectivity index (χ0n) is 18.5. The molecule has 5 nitrogen and oxygen atoms in total. The molecule has 162 valence electrons. The maximum absolute atomic E-state index is 13.0. The Balaban J connectivity index is 2.03. The maximum Gasteiger partial charge on any atom is 0.317 e. The Morgan fingerprint density at radius 1 is 1.14 bits per heavy atom. The third kappa shape index (κ3) is 6.20. The van der Waals surface area contributed by atoms with Gasteiger partial charge in [0.2, 0.25) is 0 Å². The summed E-state index contributed by atoms with van der Waals surface area (Å²) < 4.78 is 10.9. The van der Waals surface area contributed by atoms with Gasteiger partial charge in [-0.15, -0.1) is 0 Å². The van der Waals surface area contributed by atoms with Gasteiger partial charge in [0, 0.05) is 13.7 Å². The van der Waals surface area contributed by atoms with E-state index in [1.54, 1.807) is 7.11 Å². The van der Waals surface area contributed by atoms with Crippen LogP contribution < -0.4 is 0 Å². The summed E-state index contributed by atoms with van der Waals surface area (Å²) in [5.74, 6) is -0.0419. The molecule has 1 aliphatic carbocycles. The third-order valence-corrected chi connectivity index (χ3v) is 6.40. The first kappa shape index (κ1) is 23.2. The highest BCUT2D eigenvalue weighted by Gasteiger charge is 2.48. The molecule has 1 saturated carbocycles. The maximum atomic E-state index is 13.0. The molecule has 5 heteroatoms. The van der Waals surface area contributed by atoms with Gasteiger partial charge in [-0.3, -0.25) is 9.80 Å². The number of carbonyl (C=O) groups is 1. The van der Waals surface area contributed by atoms with Crippen LogP contribution in [0, 0.1) is 5.41 Å². The average Bonchev–Trinajstić information content (AvgIpc) is 3.30. The van der Waals surface area contributed by atoms with Gasteiger partial charge in [0.25, 0.3) is 0 Å². The van der Waals surface area contributed by atoms with Crippen molar-refractivity contribution in [1.29, 1.82) is 0 Å². The van der Waals surface area contributed by atoms with Crippen LogP contribution in [0.1, 0.15) is 97.3 Å². The van der Waals surface area contributed by atoms with E-state index < -0.39 is 5.41 Å². The summed E-state index contributed by atoms with van der Waals surface area (Å²) in [5.41, 5.74) is 0.583. The van der Waals surface area contributed by atoms with E-state index in [9.17, 15) is 4.79 Å². The summed E-state index contributed by atoms with van der Waals surface area (Å²) in [4.78, 5) is 13.0. The Kier molecular flexibility index (Phi) is 10.3. The molecule has 0 aromatic carbocycles. The number of unbranched alkanes of at least 4 members (excludes halogenated alkanes) is 6. The molecule has 0 spiro atoms. The lowest BCUT2D eigenvalue weighted by Gasteiger charge is -2.30. The second-order valence-corrected chi connectivity index (χ2v) is 8.49. The summed E-state index contributed by atoms with van der Waals surface area (Å²) in [6, 6.07) is 0.344. The van der Waals surface area contributed by atoms with Crippen molar-refractivity contribution in [3.05, 3.63) is 0 Å². The van der Waals surface area contributed by atoms with E-state index in [2.05, 4.69) is 11.9 Å². The standard InChI is InChI=1S/C23H42N2O3/c1-4-6-7-8-9-10-11-16-23(22(26)28-5-2)17-12-15-21(23)24-25-18-13-14-20(25)19-27-3/h20H,4-19H2,1-3H3/b24-21+/t20-,23-/m1/s1. The second-order valence-electron chi connectivity index (χ2n) is 8.49. The number of hydrogen-bond acceptors (Lipinski definition) is 5. The molecular formula is C23H42N2O3. The van der Waals surface area contributed by atoms with Crippen molar-refractivity contribution >= 4 is 11.7 Å². The first-order valence-corrected chi connectivity index (χ1v) is 11.7. The van der Waals surface area contributed by atoms with E-state index in [-0.39, 0.29) is 5.97 Å². The molecule has 2 atom stereocenters. The lowest BCUT2D eigenvalue weighted by atomic mass is 9.79. The summed E-state index contributed by atoms with van der Waals surface area (Å²) in [7, 11) is 1.75. The molecular weight excluding hydrogens is 352 g/mol. The van der Waals surface area contributed by atoms with Gasteiger partial charge in [0.15, 0.2) is 0 Å². The molecule has 1 saturated heterocycles. The van der Waals surface area contributed by atoms with E-state index in [0.29, 0.717) is 19.3 Å². The van der Waals surface area contributed by atoms with Crippen molar-refractivity contribution in [2.75, 3.05) is 26.9 Å². The van der Waals surface area contributed by atoms with Crippen LogP contribution in [0.15, 0.2) is 5.10 Å². The SMILES string of the molecule is CCCCCCCCC[C@@]1(C(=O)OCC)CCC/C1=N\N1CCC[C@@H]1COC. The first-order chi connectivity index (χ1) is 13.7. The molecule has 0 unspecified atom stereocenters. The highest BCUT2D eigenvalue weighted by Crippen LogP contribution is 2.42. The fourth-order valence-corrected chi connectivity index (χ4v) is 4.80. The van der Waals surface area contributed by atoms with Gasteiger partial charge < -0.3 is 9.47 Å². The van der Waals surface area contributed by atoms with E-state index >= 15 is 0 Å². The van der Waals surface area contributed by atoms with Gasteiger partial charge in [-0.1, -0.05) is 51.9 Å². The molecule has 0 aromatic rings. The van der Waals surface area contributed by atoms with Crippen LogP contribution in [0.25, 0.3) is 0 Å². The lowest BCUT2D eigenvalue weighted by molar-refractivity contribution is -0.151. The molecule has 2 rings (SSSR count). The van der Waals surface area contributed by atoms with Crippen LogP contribution in [0.5, 0.6) is 0 Å². The van der Waals surface area contributed by atoms with Crippen LogP contribution in [-0.4, -0.2) is 49.6 Å². The Hall–Kier alpha value is -1.10. The number of esters is 1. The number of hydrazone groups is 1. The van der Waals surface area contributed by atoms with Gasteiger partial charge in [-0.2, -0.15) is 5.10 Å². The van der Waals surface area contributed by atoms with E-state index in [4.69, 9.17) is 14.6 Å². The minimum absolute atomic E-state index is 0.0419. The molecule has 0 radical (unpaired) electrons. The fourth-order valence-electron chi connectivity index (χ4n) is 4.80. The van der Waals surface area contributed by atoms with E-state index in [1.165, 1.54) is 38.5 Å². The number of carbonyl (C=O) groups excluding carboxylic acids is 1. The Bertz CT molecular complexity index is 494. The monoisotopic (exact) mass is 394 g/mol. The normalized spacial score (nSPS) is 26.3. The second kappa shape index (κ2) is 12.5. The highest BCUT2D eigenvalue weighted by atomic mass is 16.5. The largest absolute Gasteiger partial charge is 0.465 e. The molecule has 28 heavy (non-hydrogen) atoms.